The number of hydrogen-bond donors (Lipinski definition) is 0. The first-order valence-electron chi connectivity index (χ1n) is 8.70. The maximum atomic E-state index is 13.3. The molecule has 2 aliphatic carbocycles. The second kappa shape index (κ2) is 6.30. The van der Waals surface area contributed by atoms with Crippen LogP contribution in [-0.2, 0) is 18.5 Å². The average Bonchev–Trinajstić information content (AvgIpc) is 3.48. The van der Waals surface area contributed by atoms with Crippen molar-refractivity contribution in [2.24, 2.45) is 7.05 Å². The number of carbonyl (C=O) groups is 1. The molecule has 8 heteroatoms. The summed E-state index contributed by atoms with van der Waals surface area (Å²) in [6, 6.07) is 2.21. The fourth-order valence-corrected chi connectivity index (χ4v) is 4.78. The van der Waals surface area contributed by atoms with Gasteiger partial charge < -0.3 is 4.90 Å². The number of halogens is 3. The van der Waals surface area contributed by atoms with Crippen LogP contribution in [0.5, 0.6) is 0 Å². The largest absolute Gasteiger partial charge is 0.330 e. The normalized spacial score (nSPS) is 18.4. The van der Waals surface area contributed by atoms with E-state index < -0.39 is 12.1 Å². The maximum Gasteiger partial charge on any atom is 0.282 e. The molecule has 2 fully saturated rings. The van der Waals surface area contributed by atoms with Gasteiger partial charge in [0.25, 0.3) is 12.3 Å². The van der Waals surface area contributed by atoms with Crippen LogP contribution in [0.1, 0.15) is 63.5 Å². The van der Waals surface area contributed by atoms with E-state index in [1.807, 2.05) is 6.92 Å². The molecule has 1 amide bonds. The van der Waals surface area contributed by atoms with Crippen LogP contribution < -0.4 is 0 Å². The summed E-state index contributed by atoms with van der Waals surface area (Å²) in [5.41, 5.74) is 0.651. The third-order valence-electron chi connectivity index (χ3n) is 4.96. The molecule has 0 saturated heterocycles. The van der Waals surface area contributed by atoms with Crippen molar-refractivity contribution in [1.82, 2.24) is 14.7 Å². The molecule has 0 aliphatic heterocycles. The van der Waals surface area contributed by atoms with Crippen LogP contribution in [0, 0.1) is 6.92 Å². The van der Waals surface area contributed by atoms with Crippen molar-refractivity contribution in [2.75, 3.05) is 0 Å². The van der Waals surface area contributed by atoms with Gasteiger partial charge in [0, 0.05) is 29.0 Å². The van der Waals surface area contributed by atoms with Gasteiger partial charge in [0.05, 0.1) is 17.0 Å². The molecule has 140 valence electrons. The monoisotopic (exact) mass is 399 g/mol. The molecule has 0 atom stereocenters. The van der Waals surface area contributed by atoms with Crippen molar-refractivity contribution in [3.05, 3.63) is 38.8 Å². The second-order valence-electron chi connectivity index (χ2n) is 7.23. The Kier molecular flexibility index (Phi) is 4.34. The van der Waals surface area contributed by atoms with Crippen LogP contribution >= 0.6 is 22.9 Å². The van der Waals surface area contributed by atoms with Gasteiger partial charge >= 0.3 is 0 Å². The Bertz CT molecular complexity index is 855. The summed E-state index contributed by atoms with van der Waals surface area (Å²) in [7, 11) is 1.55. The van der Waals surface area contributed by atoms with E-state index in [4.69, 9.17) is 11.6 Å². The lowest BCUT2D eigenvalue weighted by molar-refractivity contribution is 0.0719. The predicted molar refractivity (Wildman–Crippen MR) is 96.9 cm³/mol. The van der Waals surface area contributed by atoms with E-state index in [9.17, 15) is 13.6 Å². The lowest BCUT2D eigenvalue weighted by Gasteiger charge is -2.23. The van der Waals surface area contributed by atoms with Crippen molar-refractivity contribution >= 4 is 28.8 Å². The van der Waals surface area contributed by atoms with Crippen molar-refractivity contribution in [2.45, 2.75) is 56.5 Å². The molecule has 0 bridgehead atoms. The van der Waals surface area contributed by atoms with Crippen molar-refractivity contribution in [3.63, 3.8) is 0 Å². The van der Waals surface area contributed by atoms with Gasteiger partial charge in [-0.25, -0.2) is 8.78 Å². The van der Waals surface area contributed by atoms with Crippen LogP contribution in [0.25, 0.3) is 0 Å². The smallest absolute Gasteiger partial charge is 0.282 e. The SMILES string of the molecule is Cc1cc(C2(Cl)CC2)c(CN(C(=O)c2cn(C)nc2C(F)F)C2CC2)s1. The molecule has 2 saturated carbocycles. The summed E-state index contributed by atoms with van der Waals surface area (Å²) in [6.45, 7) is 2.45. The Morgan fingerprint density at radius 1 is 1.50 bits per heavy atom. The number of aromatic nitrogens is 2. The molecule has 4 rings (SSSR count). The van der Waals surface area contributed by atoms with Crippen LogP contribution in [0.2, 0.25) is 0 Å². The number of hydrogen-bond acceptors (Lipinski definition) is 3. The molecular formula is C18H20ClF2N3OS. The molecule has 0 spiro atoms. The topological polar surface area (TPSA) is 38.1 Å². The highest BCUT2D eigenvalue weighted by Gasteiger charge is 2.45. The number of nitrogens with zero attached hydrogens (tertiary/aromatic N) is 3. The molecule has 2 aromatic rings. The molecule has 0 N–H and O–H groups in total. The molecule has 0 unspecified atom stereocenters. The minimum atomic E-state index is -2.77. The summed E-state index contributed by atoms with van der Waals surface area (Å²) in [5, 5.41) is 3.77. The number of thiophene rings is 1. The molecule has 2 aliphatic rings. The van der Waals surface area contributed by atoms with E-state index in [0.29, 0.717) is 6.54 Å². The zero-order valence-corrected chi connectivity index (χ0v) is 16.2. The summed E-state index contributed by atoms with van der Waals surface area (Å²) >= 11 is 8.26. The Balaban J connectivity index is 1.65. The number of amides is 1. The summed E-state index contributed by atoms with van der Waals surface area (Å²) in [6.07, 6.45) is 2.31. The van der Waals surface area contributed by atoms with Gasteiger partial charge in [-0.1, -0.05) is 0 Å². The molecule has 26 heavy (non-hydrogen) atoms. The van der Waals surface area contributed by atoms with E-state index in [0.717, 1.165) is 41.0 Å². The Hall–Kier alpha value is -1.47. The van der Waals surface area contributed by atoms with E-state index >= 15 is 0 Å². The quantitative estimate of drug-likeness (QED) is 0.657. The van der Waals surface area contributed by atoms with Crippen molar-refractivity contribution < 1.29 is 13.6 Å². The maximum absolute atomic E-state index is 13.3. The van der Waals surface area contributed by atoms with Crippen LogP contribution in [-0.4, -0.2) is 26.6 Å². The standard InChI is InChI=1S/C18H20ClF2N3OS/c1-10-7-13(18(19)5-6-18)14(26-10)9-24(11-3-4-11)17(25)12-8-23(2)22-15(12)16(20)21/h7-8,11,16H,3-6,9H2,1-2H3. The van der Waals surface area contributed by atoms with E-state index in [1.165, 1.54) is 10.9 Å². The predicted octanol–water partition coefficient (Wildman–Crippen LogP) is 4.76. The molecule has 0 aromatic carbocycles. The third-order valence-corrected chi connectivity index (χ3v) is 6.58. The highest BCUT2D eigenvalue weighted by molar-refractivity contribution is 7.12. The molecule has 2 aromatic heterocycles. The lowest BCUT2D eigenvalue weighted by atomic mass is 10.1. The first-order valence-corrected chi connectivity index (χ1v) is 9.89. The zero-order valence-electron chi connectivity index (χ0n) is 14.6. The molecule has 2 heterocycles. The van der Waals surface area contributed by atoms with E-state index in [1.54, 1.807) is 23.3 Å². The number of alkyl halides is 3. The minimum Gasteiger partial charge on any atom is -0.330 e. The van der Waals surface area contributed by atoms with Gasteiger partial charge in [0.1, 0.15) is 5.69 Å². The van der Waals surface area contributed by atoms with Gasteiger partial charge in [0.15, 0.2) is 0 Å². The van der Waals surface area contributed by atoms with Crippen molar-refractivity contribution in [1.29, 1.82) is 0 Å². The first kappa shape index (κ1) is 17.9. The van der Waals surface area contributed by atoms with Gasteiger partial charge in [-0.2, -0.15) is 5.10 Å². The Morgan fingerprint density at radius 3 is 2.77 bits per heavy atom. The van der Waals surface area contributed by atoms with Crippen LogP contribution in [0.15, 0.2) is 12.3 Å². The minimum absolute atomic E-state index is 0.00348. The molecule has 4 nitrogen and oxygen atoms in total. The van der Waals surface area contributed by atoms with E-state index in [-0.39, 0.29) is 22.4 Å². The summed E-state index contributed by atoms with van der Waals surface area (Å²) in [4.78, 5) is 16.7. The number of rotatable bonds is 6. The third kappa shape index (κ3) is 3.27. The van der Waals surface area contributed by atoms with Crippen LogP contribution in [0.3, 0.4) is 0 Å². The fourth-order valence-electron chi connectivity index (χ4n) is 3.33. The van der Waals surface area contributed by atoms with Crippen molar-refractivity contribution in [3.8, 4) is 0 Å². The van der Waals surface area contributed by atoms with Gasteiger partial charge in [0.2, 0.25) is 0 Å². The second-order valence-corrected chi connectivity index (χ2v) is 9.29. The zero-order chi connectivity index (χ0) is 18.6. The molecular weight excluding hydrogens is 380 g/mol. The van der Waals surface area contributed by atoms with Gasteiger partial charge in [-0.3, -0.25) is 9.48 Å². The van der Waals surface area contributed by atoms with E-state index in [2.05, 4.69) is 11.2 Å². The first-order chi connectivity index (χ1) is 12.3. The Morgan fingerprint density at radius 2 is 2.19 bits per heavy atom. The number of carbonyl (C=O) groups excluding carboxylic acids is 1. The van der Waals surface area contributed by atoms with Crippen LogP contribution in [0.4, 0.5) is 8.78 Å². The van der Waals surface area contributed by atoms with Gasteiger partial charge in [-0.05, 0) is 44.2 Å². The highest BCUT2D eigenvalue weighted by atomic mass is 35.5. The average molecular weight is 400 g/mol. The summed E-state index contributed by atoms with van der Waals surface area (Å²) in [5.74, 6) is -0.368. The summed E-state index contributed by atoms with van der Waals surface area (Å²) < 4.78 is 27.8. The lowest BCUT2D eigenvalue weighted by Crippen LogP contribution is -2.33. The van der Waals surface area contributed by atoms with Gasteiger partial charge in [-0.15, -0.1) is 22.9 Å². The Labute approximate surface area is 159 Å². The fraction of sp³-hybridized carbons (Fsp3) is 0.556. The highest BCUT2D eigenvalue weighted by Crippen LogP contribution is 2.54. The number of aryl methyl sites for hydroxylation is 2. The molecule has 0 radical (unpaired) electrons.